The summed E-state index contributed by atoms with van der Waals surface area (Å²) >= 11 is 0. The van der Waals surface area contributed by atoms with E-state index in [1.54, 1.807) is 57.2 Å². The fourth-order valence-corrected chi connectivity index (χ4v) is 3.92. The molecule has 0 radical (unpaired) electrons. The summed E-state index contributed by atoms with van der Waals surface area (Å²) in [5, 5.41) is 5.30. The monoisotopic (exact) mass is 538 g/mol. The molecule has 4 amide bonds. The maximum absolute atomic E-state index is 13.9. The number of amides is 4. The highest BCUT2D eigenvalue weighted by molar-refractivity contribution is 6.00. The van der Waals surface area contributed by atoms with Gasteiger partial charge in [0.15, 0.2) is 0 Å². The van der Waals surface area contributed by atoms with Crippen LogP contribution in [-0.4, -0.2) is 54.0 Å². The summed E-state index contributed by atoms with van der Waals surface area (Å²) in [6.45, 7) is 12.5. The third kappa shape index (κ3) is 8.87. The molecule has 4 N–H and O–H groups in total. The van der Waals surface area contributed by atoms with E-state index in [2.05, 4.69) is 17.2 Å². The number of methoxy groups -OCH3 is 1. The molecule has 39 heavy (non-hydrogen) atoms. The summed E-state index contributed by atoms with van der Waals surface area (Å²) in [7, 11) is 1.54. The van der Waals surface area contributed by atoms with Crippen molar-refractivity contribution in [2.75, 3.05) is 19.0 Å². The zero-order chi connectivity index (χ0) is 29.3. The van der Waals surface area contributed by atoms with Gasteiger partial charge in [-0.3, -0.25) is 14.4 Å². The topological polar surface area (TPSA) is 140 Å². The first-order valence-electron chi connectivity index (χ1n) is 12.5. The number of hydrogen-bond acceptors (Lipinski definition) is 6. The largest absolute Gasteiger partial charge is 0.497 e. The fourth-order valence-electron chi connectivity index (χ4n) is 3.92. The lowest BCUT2D eigenvalue weighted by atomic mass is 9.94. The first-order valence-corrected chi connectivity index (χ1v) is 12.5. The van der Waals surface area contributed by atoms with Gasteiger partial charge in [0.25, 0.3) is 5.91 Å². The van der Waals surface area contributed by atoms with Crippen LogP contribution in [-0.2, 0) is 19.1 Å². The molecule has 2 aromatic rings. The molecular weight excluding hydrogens is 500 g/mol. The lowest BCUT2D eigenvalue weighted by molar-refractivity contribution is -0.141. The van der Waals surface area contributed by atoms with Gasteiger partial charge < -0.3 is 30.7 Å². The van der Waals surface area contributed by atoms with Gasteiger partial charge in [-0.1, -0.05) is 24.3 Å². The van der Waals surface area contributed by atoms with Crippen LogP contribution in [0.5, 0.6) is 5.75 Å². The number of carbonyl (C=O) groups is 4. The molecule has 0 saturated carbocycles. The second-order valence-electron chi connectivity index (χ2n) is 10.1. The third-order valence-electron chi connectivity index (χ3n) is 5.86. The molecule has 2 unspecified atom stereocenters. The normalized spacial score (nSPS) is 12.5. The SMILES string of the molecule is C=CCN(C(=O)C(CC(N)=O)NC(=O)OC(C)(C)C)C(C(=O)Nc1ccc(OC)cc1)c1cccc(C)c1C. The number of aryl methyl sites for hydroxylation is 1. The minimum absolute atomic E-state index is 0.0574. The summed E-state index contributed by atoms with van der Waals surface area (Å²) in [6, 6.07) is 9.69. The van der Waals surface area contributed by atoms with E-state index in [0.717, 1.165) is 11.1 Å². The molecule has 0 aliphatic heterocycles. The van der Waals surface area contributed by atoms with Gasteiger partial charge in [-0.05, 0) is 75.6 Å². The Balaban J connectivity index is 2.56. The van der Waals surface area contributed by atoms with E-state index >= 15 is 0 Å². The van der Waals surface area contributed by atoms with Crippen LogP contribution < -0.4 is 21.1 Å². The quantitative estimate of drug-likeness (QED) is 0.372. The van der Waals surface area contributed by atoms with Gasteiger partial charge in [-0.2, -0.15) is 0 Å². The molecule has 0 spiro atoms. The molecule has 0 aromatic heterocycles. The van der Waals surface area contributed by atoms with E-state index in [-0.39, 0.29) is 6.54 Å². The molecule has 2 rings (SSSR count). The number of alkyl carbamates (subject to hydrolysis) is 1. The highest BCUT2D eigenvalue weighted by Gasteiger charge is 2.37. The summed E-state index contributed by atoms with van der Waals surface area (Å²) in [5.41, 5.74) is 7.36. The van der Waals surface area contributed by atoms with Crippen molar-refractivity contribution in [2.45, 2.75) is 58.7 Å². The lowest BCUT2D eigenvalue weighted by Gasteiger charge is -2.34. The van der Waals surface area contributed by atoms with Crippen molar-refractivity contribution < 1.29 is 28.7 Å². The predicted molar refractivity (Wildman–Crippen MR) is 149 cm³/mol. The summed E-state index contributed by atoms with van der Waals surface area (Å²) in [5.74, 6) is -1.39. The van der Waals surface area contributed by atoms with E-state index in [1.165, 1.54) is 18.1 Å². The lowest BCUT2D eigenvalue weighted by Crippen LogP contribution is -2.53. The van der Waals surface area contributed by atoms with Gasteiger partial charge in [-0.25, -0.2) is 4.79 Å². The van der Waals surface area contributed by atoms with Gasteiger partial charge in [-0.15, -0.1) is 6.58 Å². The standard InChI is InChI=1S/C29H38N4O6/c1-8-16-33(27(36)23(17-24(30)34)32-28(37)39-29(4,5)6)25(22-11-9-10-18(2)19(22)3)26(35)31-20-12-14-21(38-7)15-13-20/h8-15,23,25H,1,16-17H2,2-7H3,(H2,30,34)(H,31,35)(H,32,37). The Morgan fingerprint density at radius 3 is 2.26 bits per heavy atom. The van der Waals surface area contributed by atoms with Crippen molar-refractivity contribution in [3.05, 3.63) is 71.8 Å². The van der Waals surface area contributed by atoms with Crippen LogP contribution in [0.25, 0.3) is 0 Å². The molecule has 210 valence electrons. The minimum atomic E-state index is -1.38. The first-order chi connectivity index (χ1) is 18.3. The molecule has 0 fully saturated rings. The van der Waals surface area contributed by atoms with Crippen LogP contribution in [0.2, 0.25) is 0 Å². The van der Waals surface area contributed by atoms with Crippen molar-refractivity contribution in [3.63, 3.8) is 0 Å². The predicted octanol–water partition coefficient (Wildman–Crippen LogP) is 3.78. The molecule has 0 heterocycles. The van der Waals surface area contributed by atoms with Gasteiger partial charge >= 0.3 is 6.09 Å². The van der Waals surface area contributed by atoms with Crippen molar-refractivity contribution in [2.24, 2.45) is 5.73 Å². The number of benzene rings is 2. The molecule has 0 saturated heterocycles. The minimum Gasteiger partial charge on any atom is -0.497 e. The molecule has 0 bridgehead atoms. The molecule has 10 heteroatoms. The number of carbonyl (C=O) groups excluding carboxylic acids is 4. The fraction of sp³-hybridized carbons (Fsp3) is 0.379. The van der Waals surface area contributed by atoms with Crippen molar-refractivity contribution in [3.8, 4) is 5.75 Å². The molecule has 0 aliphatic rings. The van der Waals surface area contributed by atoms with Crippen LogP contribution in [0.4, 0.5) is 10.5 Å². The molecule has 0 aliphatic carbocycles. The van der Waals surface area contributed by atoms with E-state index in [9.17, 15) is 19.2 Å². The van der Waals surface area contributed by atoms with E-state index < -0.39 is 47.9 Å². The number of ether oxygens (including phenoxy) is 2. The zero-order valence-electron chi connectivity index (χ0n) is 23.4. The highest BCUT2D eigenvalue weighted by Crippen LogP contribution is 2.29. The molecular formula is C29H38N4O6. The van der Waals surface area contributed by atoms with E-state index in [1.807, 2.05) is 19.9 Å². The number of anilines is 1. The first kappa shape index (κ1) is 30.9. The van der Waals surface area contributed by atoms with Crippen LogP contribution in [0.3, 0.4) is 0 Å². The zero-order valence-corrected chi connectivity index (χ0v) is 23.4. The van der Waals surface area contributed by atoms with Crippen molar-refractivity contribution in [1.82, 2.24) is 10.2 Å². The summed E-state index contributed by atoms with van der Waals surface area (Å²) in [4.78, 5) is 53.4. The Morgan fingerprint density at radius 2 is 1.72 bits per heavy atom. The molecule has 2 atom stereocenters. The molecule has 10 nitrogen and oxygen atoms in total. The Hall–Kier alpha value is -4.34. The summed E-state index contributed by atoms with van der Waals surface area (Å²) < 4.78 is 10.5. The average molecular weight is 539 g/mol. The van der Waals surface area contributed by atoms with E-state index in [4.69, 9.17) is 15.2 Å². The van der Waals surface area contributed by atoms with Crippen molar-refractivity contribution in [1.29, 1.82) is 0 Å². The van der Waals surface area contributed by atoms with Crippen LogP contribution in [0, 0.1) is 13.8 Å². The average Bonchev–Trinajstić information content (AvgIpc) is 2.84. The second kappa shape index (κ2) is 13.5. The van der Waals surface area contributed by atoms with Gasteiger partial charge in [0.05, 0.1) is 13.5 Å². The van der Waals surface area contributed by atoms with Crippen LogP contribution >= 0.6 is 0 Å². The number of nitrogens with one attached hydrogen (secondary N) is 2. The Kier molecular flexibility index (Phi) is 10.7. The maximum Gasteiger partial charge on any atom is 0.408 e. The smallest absolute Gasteiger partial charge is 0.408 e. The Labute approximate surface area is 229 Å². The molecule has 2 aromatic carbocycles. The van der Waals surface area contributed by atoms with Gasteiger partial charge in [0, 0.05) is 12.2 Å². The van der Waals surface area contributed by atoms with Crippen LogP contribution in [0.15, 0.2) is 55.1 Å². The number of hydrogen-bond donors (Lipinski definition) is 3. The highest BCUT2D eigenvalue weighted by atomic mass is 16.6. The number of primary amides is 1. The van der Waals surface area contributed by atoms with E-state index in [0.29, 0.717) is 17.0 Å². The van der Waals surface area contributed by atoms with Gasteiger partial charge in [0.1, 0.15) is 23.4 Å². The maximum atomic E-state index is 13.9. The number of rotatable bonds is 11. The Bertz CT molecular complexity index is 1200. The van der Waals surface area contributed by atoms with Crippen LogP contribution in [0.1, 0.15) is 49.9 Å². The van der Waals surface area contributed by atoms with Crippen molar-refractivity contribution >= 4 is 29.5 Å². The second-order valence-corrected chi connectivity index (χ2v) is 10.1. The Morgan fingerprint density at radius 1 is 1.08 bits per heavy atom. The third-order valence-corrected chi connectivity index (χ3v) is 5.86. The summed E-state index contributed by atoms with van der Waals surface area (Å²) in [6.07, 6.45) is 0.0724. The number of nitrogens with zero attached hydrogens (tertiary/aromatic N) is 1. The van der Waals surface area contributed by atoms with Gasteiger partial charge in [0.2, 0.25) is 11.8 Å². The number of nitrogens with two attached hydrogens (primary N) is 1.